The molecule has 6 rings (SSSR count). The summed E-state index contributed by atoms with van der Waals surface area (Å²) in [5.74, 6) is 0.561. The Morgan fingerprint density at radius 1 is 1.00 bits per heavy atom. The Hall–Kier alpha value is -3.07. The van der Waals surface area contributed by atoms with Crippen LogP contribution in [0.5, 0.6) is 0 Å². The monoisotopic (exact) mass is 731 g/mol. The van der Waals surface area contributed by atoms with Crippen LogP contribution in [0.15, 0.2) is 35.5 Å². The zero-order valence-electron chi connectivity index (χ0n) is 33.6. The molecule has 5 aliphatic rings. The molecule has 1 aromatic heterocycles. The van der Waals surface area contributed by atoms with Crippen LogP contribution in [0.2, 0.25) is 0 Å². The van der Waals surface area contributed by atoms with E-state index in [1.54, 1.807) is 20.0 Å². The number of fused-ring (bicyclic) bond motifs is 7. The Balaban J connectivity index is 1.24. The van der Waals surface area contributed by atoms with Gasteiger partial charge in [-0.25, -0.2) is 0 Å². The number of primary amides is 1. The minimum Gasteiger partial charge on any atom is -0.481 e. The summed E-state index contributed by atoms with van der Waals surface area (Å²) in [6.45, 7) is 18.6. The van der Waals surface area contributed by atoms with Crippen LogP contribution >= 0.6 is 0 Å². The number of carboxylic acids is 1. The Bertz CT molecular complexity index is 1630. The van der Waals surface area contributed by atoms with Gasteiger partial charge in [-0.05, 0) is 136 Å². The molecule has 0 saturated heterocycles. The van der Waals surface area contributed by atoms with Gasteiger partial charge in [-0.2, -0.15) is 0 Å². The first-order valence-electron chi connectivity index (χ1n) is 20.4. The molecule has 1 heterocycles. The van der Waals surface area contributed by atoms with E-state index in [-0.39, 0.29) is 52.6 Å². The van der Waals surface area contributed by atoms with Gasteiger partial charge < -0.3 is 15.6 Å². The lowest BCUT2D eigenvalue weighted by molar-refractivity contribution is -0.214. The number of nitrogens with two attached hydrogens (primary N) is 1. The van der Waals surface area contributed by atoms with Crippen LogP contribution in [0.4, 0.5) is 0 Å². The quantitative estimate of drug-likeness (QED) is 0.208. The van der Waals surface area contributed by atoms with E-state index in [4.69, 9.17) is 10.5 Å². The van der Waals surface area contributed by atoms with E-state index in [0.29, 0.717) is 49.0 Å². The summed E-state index contributed by atoms with van der Waals surface area (Å²) in [6.07, 6.45) is 11.1. The molecule has 4 fully saturated rings. The maximum Gasteiger partial charge on any atom is 0.309 e. The third-order valence-corrected chi connectivity index (χ3v) is 15.5. The van der Waals surface area contributed by atoms with Crippen molar-refractivity contribution in [1.82, 2.24) is 9.88 Å². The molecule has 5 aliphatic carbocycles. The molecule has 292 valence electrons. The number of amides is 1. The fourth-order valence-electron chi connectivity index (χ4n) is 13.1. The highest BCUT2D eigenvalue weighted by Gasteiger charge is 2.66. The van der Waals surface area contributed by atoms with Crippen molar-refractivity contribution >= 4 is 23.6 Å². The molecule has 4 saturated carbocycles. The normalized spacial score (nSPS) is 35.0. The van der Waals surface area contributed by atoms with Gasteiger partial charge in [-0.15, -0.1) is 0 Å². The molecule has 8 atom stereocenters. The van der Waals surface area contributed by atoms with E-state index in [0.717, 1.165) is 69.1 Å². The summed E-state index contributed by atoms with van der Waals surface area (Å²) in [7, 11) is 0. The molecule has 9 heteroatoms. The number of carboxylic acid groups (broad SMARTS) is 1. The molecule has 0 aromatic carbocycles. The number of ether oxygens (including phenoxy) is 1. The first kappa shape index (κ1) is 39.6. The number of aliphatic carboxylic acids is 1. The number of rotatable bonds is 12. The van der Waals surface area contributed by atoms with Crippen LogP contribution in [0.3, 0.4) is 0 Å². The number of ketones is 1. The third kappa shape index (κ3) is 7.02. The minimum atomic E-state index is -1.16. The summed E-state index contributed by atoms with van der Waals surface area (Å²) < 4.78 is 6.16. The summed E-state index contributed by atoms with van der Waals surface area (Å²) in [5, 5.41) is 9.60. The lowest BCUT2D eigenvalue weighted by atomic mass is 9.36. The van der Waals surface area contributed by atoms with Crippen molar-refractivity contribution in [3.63, 3.8) is 0 Å². The molecule has 3 N–H and O–H groups in total. The van der Waals surface area contributed by atoms with E-state index in [1.165, 1.54) is 5.57 Å². The molecule has 0 spiro atoms. The highest BCUT2D eigenvalue weighted by atomic mass is 16.5. The van der Waals surface area contributed by atoms with Gasteiger partial charge in [0.15, 0.2) is 5.78 Å². The second-order valence-corrected chi connectivity index (χ2v) is 19.8. The van der Waals surface area contributed by atoms with Crippen molar-refractivity contribution in [3.05, 3.63) is 41.2 Å². The fraction of sp³-hybridized carbons (Fsp3) is 0.750. The fourth-order valence-corrected chi connectivity index (χ4v) is 13.1. The van der Waals surface area contributed by atoms with E-state index in [2.05, 4.69) is 51.4 Å². The zero-order chi connectivity index (χ0) is 38.7. The number of Topliss-reactive ketones (excluding diaryl/α,β-unsaturated/α-hetero) is 1. The Kier molecular flexibility index (Phi) is 10.6. The third-order valence-electron chi connectivity index (χ3n) is 15.5. The summed E-state index contributed by atoms with van der Waals surface area (Å²) in [6, 6.07) is 5.84. The maximum atomic E-state index is 14.0. The van der Waals surface area contributed by atoms with Crippen molar-refractivity contribution in [2.24, 2.45) is 62.4 Å². The average Bonchev–Trinajstić information content (AvgIpc) is 3.37. The Morgan fingerprint density at radius 2 is 1.72 bits per heavy atom. The van der Waals surface area contributed by atoms with Gasteiger partial charge in [-0.3, -0.25) is 29.1 Å². The van der Waals surface area contributed by atoms with Crippen LogP contribution in [-0.4, -0.2) is 57.8 Å². The van der Waals surface area contributed by atoms with Gasteiger partial charge in [0, 0.05) is 30.0 Å². The molecule has 8 unspecified atom stereocenters. The van der Waals surface area contributed by atoms with Crippen molar-refractivity contribution in [2.45, 2.75) is 139 Å². The van der Waals surface area contributed by atoms with Gasteiger partial charge in [0.2, 0.25) is 5.91 Å². The molecule has 1 aromatic rings. The number of pyridine rings is 1. The lowest BCUT2D eigenvalue weighted by Gasteiger charge is -2.69. The van der Waals surface area contributed by atoms with Crippen LogP contribution in [-0.2, 0) is 30.5 Å². The number of esters is 1. The predicted molar refractivity (Wildman–Crippen MR) is 204 cm³/mol. The van der Waals surface area contributed by atoms with E-state index < -0.39 is 17.4 Å². The molecular formula is C44H65N3O6. The van der Waals surface area contributed by atoms with E-state index in [9.17, 15) is 24.3 Å². The first-order chi connectivity index (χ1) is 24.7. The van der Waals surface area contributed by atoms with Crippen LogP contribution in [0, 0.1) is 56.7 Å². The van der Waals surface area contributed by atoms with Crippen LogP contribution in [0.25, 0.3) is 0 Å². The van der Waals surface area contributed by atoms with Gasteiger partial charge >= 0.3 is 11.9 Å². The van der Waals surface area contributed by atoms with E-state index in [1.807, 2.05) is 18.2 Å². The highest BCUT2D eigenvalue weighted by Crippen LogP contribution is 2.73. The molecular weight excluding hydrogens is 666 g/mol. The summed E-state index contributed by atoms with van der Waals surface area (Å²) in [5.41, 5.74) is 7.86. The van der Waals surface area contributed by atoms with Gasteiger partial charge in [0.1, 0.15) is 6.10 Å². The number of nitrogens with zero attached hydrogens (tertiary/aromatic N) is 2. The topological polar surface area (TPSA) is 140 Å². The van der Waals surface area contributed by atoms with Crippen molar-refractivity contribution in [1.29, 1.82) is 0 Å². The van der Waals surface area contributed by atoms with Crippen molar-refractivity contribution in [2.75, 3.05) is 13.1 Å². The summed E-state index contributed by atoms with van der Waals surface area (Å²) >= 11 is 0. The molecule has 53 heavy (non-hydrogen) atoms. The number of carbonyl (C=O) groups is 4. The Morgan fingerprint density at radius 3 is 2.36 bits per heavy atom. The Labute approximate surface area is 317 Å². The second-order valence-electron chi connectivity index (χ2n) is 19.8. The zero-order valence-corrected chi connectivity index (χ0v) is 33.6. The van der Waals surface area contributed by atoms with Gasteiger partial charge in [0.25, 0.3) is 0 Å². The van der Waals surface area contributed by atoms with Gasteiger partial charge in [0.05, 0.1) is 24.1 Å². The molecule has 0 bridgehead atoms. The standard InChI is InChI=1S/C44H65N3O6/c1-27(2)37-31(48)23-44(20-22-47(26-35(45)49)25-28-11-9-10-21-46-28)19-14-30-29(38(37)44)12-13-33-42(30,7)17-15-32-41(5,6)34(16-18-43(32,33)8)53-36(50)24-40(3,4)39(51)52/h9-11,21,27,29-30,32-34H,12-20,22-26H2,1-8H3,(H2,45,49)(H,51,52). The smallest absolute Gasteiger partial charge is 0.309 e. The predicted octanol–water partition coefficient (Wildman–Crippen LogP) is 7.76. The lowest BCUT2D eigenvalue weighted by Crippen LogP contribution is -2.63. The van der Waals surface area contributed by atoms with Crippen molar-refractivity contribution < 1.29 is 29.0 Å². The molecule has 9 nitrogen and oxygen atoms in total. The highest BCUT2D eigenvalue weighted by molar-refractivity contribution is 6.00. The summed E-state index contributed by atoms with van der Waals surface area (Å²) in [4.78, 5) is 57.7. The van der Waals surface area contributed by atoms with Crippen LogP contribution < -0.4 is 5.73 Å². The molecule has 0 aliphatic heterocycles. The number of hydrogen-bond acceptors (Lipinski definition) is 7. The molecule has 0 radical (unpaired) electrons. The number of hydrogen-bond donors (Lipinski definition) is 2. The minimum absolute atomic E-state index is 0.0980. The maximum absolute atomic E-state index is 14.0. The number of aromatic nitrogens is 1. The van der Waals surface area contributed by atoms with E-state index >= 15 is 0 Å². The SMILES string of the molecule is CC(C)C1=C2C3CCC4C(C)(CCC5C(C)(C)C(OC(=O)CC(C)(C)C(=O)O)CCC54C)C3CCC2(CCN(CC(N)=O)Cc2ccccn2)CC1=O. The second kappa shape index (κ2) is 14.2. The first-order valence-corrected chi connectivity index (χ1v) is 20.4. The molecule has 1 amide bonds. The van der Waals surface area contributed by atoms with Gasteiger partial charge in [-0.1, -0.05) is 53.2 Å². The number of carbonyl (C=O) groups excluding carboxylic acids is 3. The largest absolute Gasteiger partial charge is 0.481 e. The van der Waals surface area contributed by atoms with Crippen LogP contribution in [0.1, 0.15) is 132 Å². The average molecular weight is 732 g/mol. The van der Waals surface area contributed by atoms with Crippen molar-refractivity contribution in [3.8, 4) is 0 Å². The number of allylic oxidation sites excluding steroid dienone is 2.